The van der Waals surface area contributed by atoms with Crippen LogP contribution in [0.25, 0.3) is 0 Å². The van der Waals surface area contributed by atoms with Crippen LogP contribution in [0.2, 0.25) is 0 Å². The first-order chi connectivity index (χ1) is 7.53. The maximum Gasteiger partial charge on any atom is 0.275 e. The van der Waals surface area contributed by atoms with Gasteiger partial charge in [0.2, 0.25) is 5.96 Å². The van der Waals surface area contributed by atoms with Gasteiger partial charge in [0, 0.05) is 12.6 Å². The number of guanidine groups is 1. The molecular formula is C8H10FN3O2S2. The maximum atomic E-state index is 13.0. The zero-order chi connectivity index (χ0) is 11.8. The van der Waals surface area contributed by atoms with Crippen LogP contribution in [-0.2, 0) is 10.0 Å². The molecule has 2 N–H and O–H groups in total. The lowest BCUT2D eigenvalue weighted by Crippen LogP contribution is -2.40. The number of nitrogens with zero attached hydrogens (tertiary/aromatic N) is 1. The van der Waals surface area contributed by atoms with Crippen molar-refractivity contribution in [2.24, 2.45) is 4.99 Å². The molecule has 1 aliphatic rings. The topological polar surface area (TPSA) is 70.6 Å². The van der Waals surface area contributed by atoms with E-state index in [-0.39, 0.29) is 15.9 Å². The Kier molecular flexibility index (Phi) is 2.85. The highest BCUT2D eigenvalue weighted by atomic mass is 32.2. The van der Waals surface area contributed by atoms with Gasteiger partial charge in [0.25, 0.3) is 10.0 Å². The minimum absolute atomic E-state index is 0.0413. The van der Waals surface area contributed by atoms with E-state index >= 15 is 0 Å². The van der Waals surface area contributed by atoms with Crippen molar-refractivity contribution in [3.8, 4) is 0 Å². The number of aliphatic imine (C=N–C) groups is 1. The van der Waals surface area contributed by atoms with Crippen LogP contribution in [0.5, 0.6) is 0 Å². The summed E-state index contributed by atoms with van der Waals surface area (Å²) in [4.78, 5) is 4.00. The Labute approximate surface area is 96.4 Å². The van der Waals surface area contributed by atoms with Crippen LogP contribution in [0.3, 0.4) is 0 Å². The van der Waals surface area contributed by atoms with Gasteiger partial charge in [0.15, 0.2) is 9.34 Å². The van der Waals surface area contributed by atoms with Gasteiger partial charge >= 0.3 is 0 Å². The van der Waals surface area contributed by atoms with E-state index < -0.39 is 15.2 Å². The smallest absolute Gasteiger partial charge is 0.275 e. The van der Waals surface area contributed by atoms with E-state index in [0.717, 1.165) is 12.5 Å². The molecule has 0 unspecified atom stereocenters. The van der Waals surface area contributed by atoms with Crippen molar-refractivity contribution in [1.82, 2.24) is 4.72 Å². The Morgan fingerprint density at radius 3 is 3.00 bits per heavy atom. The first-order valence-electron chi connectivity index (χ1n) is 4.66. The number of halogens is 1. The predicted molar refractivity (Wildman–Crippen MR) is 60.8 cm³/mol. The minimum Gasteiger partial charge on any atom is -0.324 e. The molecule has 8 heteroatoms. The Morgan fingerprint density at radius 1 is 1.56 bits per heavy atom. The van der Waals surface area contributed by atoms with Crippen molar-refractivity contribution in [3.63, 3.8) is 0 Å². The van der Waals surface area contributed by atoms with E-state index in [4.69, 9.17) is 0 Å². The number of rotatable bonds is 2. The molecule has 0 saturated heterocycles. The molecule has 0 amide bonds. The van der Waals surface area contributed by atoms with E-state index in [0.29, 0.717) is 17.9 Å². The van der Waals surface area contributed by atoms with Gasteiger partial charge in [0.1, 0.15) is 0 Å². The van der Waals surface area contributed by atoms with E-state index in [1.165, 1.54) is 0 Å². The lowest BCUT2D eigenvalue weighted by Gasteiger charge is -2.17. The summed E-state index contributed by atoms with van der Waals surface area (Å²) in [5, 5.41) is 2.20. The Balaban J connectivity index is 2.41. The summed E-state index contributed by atoms with van der Waals surface area (Å²) in [6.07, 6.45) is 0.803. The maximum absolute atomic E-state index is 13.0. The first-order valence-corrected chi connectivity index (χ1v) is 6.96. The van der Waals surface area contributed by atoms with Crippen molar-refractivity contribution in [2.75, 3.05) is 11.9 Å². The third-order valence-corrected chi connectivity index (χ3v) is 4.69. The largest absolute Gasteiger partial charge is 0.324 e. The predicted octanol–water partition coefficient (Wildman–Crippen LogP) is 1.36. The van der Waals surface area contributed by atoms with Gasteiger partial charge < -0.3 is 5.32 Å². The summed E-state index contributed by atoms with van der Waals surface area (Å²) in [5.41, 5.74) is 0.246. The molecule has 0 spiro atoms. The summed E-state index contributed by atoms with van der Waals surface area (Å²) < 4.78 is 38.5. The highest BCUT2D eigenvalue weighted by Gasteiger charge is 2.29. The SMILES string of the molecule is CCCN=C1Nc2cc(F)sc2S(=O)(=O)N1. The van der Waals surface area contributed by atoms with Crippen molar-refractivity contribution in [2.45, 2.75) is 17.6 Å². The fraction of sp³-hybridized carbons (Fsp3) is 0.375. The molecular weight excluding hydrogens is 253 g/mol. The summed E-state index contributed by atoms with van der Waals surface area (Å²) in [6.45, 7) is 2.43. The molecule has 1 aliphatic heterocycles. The van der Waals surface area contributed by atoms with Crippen LogP contribution in [0, 0.1) is 5.13 Å². The van der Waals surface area contributed by atoms with Crippen molar-refractivity contribution >= 4 is 33.0 Å². The highest BCUT2D eigenvalue weighted by molar-refractivity contribution is 7.92. The number of thiophene rings is 1. The number of hydrogen-bond acceptors (Lipinski definition) is 4. The molecule has 1 aromatic heterocycles. The Hall–Kier alpha value is -1.15. The molecule has 88 valence electrons. The summed E-state index contributed by atoms with van der Waals surface area (Å²) in [6, 6.07) is 1.15. The molecule has 0 radical (unpaired) electrons. The third kappa shape index (κ3) is 2.03. The normalized spacial score (nSPS) is 20.0. The van der Waals surface area contributed by atoms with Gasteiger partial charge in [-0.2, -0.15) is 4.39 Å². The standard InChI is InChI=1S/C8H10FN3O2S2/c1-2-3-10-8-11-5-4-6(9)15-7(5)16(13,14)12-8/h4H,2-3H2,1H3,(H2,10,11,12). The molecule has 0 bridgehead atoms. The second kappa shape index (κ2) is 4.02. The first kappa shape index (κ1) is 11.3. The molecule has 0 saturated carbocycles. The van der Waals surface area contributed by atoms with Crippen LogP contribution < -0.4 is 10.0 Å². The molecule has 0 aliphatic carbocycles. The number of fused-ring (bicyclic) bond motifs is 1. The second-order valence-electron chi connectivity index (χ2n) is 3.21. The van der Waals surface area contributed by atoms with Crippen molar-refractivity contribution < 1.29 is 12.8 Å². The zero-order valence-corrected chi connectivity index (χ0v) is 10.1. The average Bonchev–Trinajstić information content (AvgIpc) is 2.56. The fourth-order valence-electron chi connectivity index (χ4n) is 1.25. The van der Waals surface area contributed by atoms with E-state index in [1.54, 1.807) is 0 Å². The van der Waals surface area contributed by atoms with Gasteiger partial charge in [-0.15, -0.1) is 0 Å². The average molecular weight is 263 g/mol. The lowest BCUT2D eigenvalue weighted by molar-refractivity contribution is 0.593. The number of nitrogens with one attached hydrogen (secondary N) is 2. The lowest BCUT2D eigenvalue weighted by atomic mass is 10.5. The van der Waals surface area contributed by atoms with E-state index in [9.17, 15) is 12.8 Å². The van der Waals surface area contributed by atoms with E-state index in [2.05, 4.69) is 15.0 Å². The van der Waals surface area contributed by atoms with Crippen LogP contribution >= 0.6 is 11.3 Å². The minimum atomic E-state index is -3.67. The van der Waals surface area contributed by atoms with E-state index in [1.807, 2.05) is 6.92 Å². The fourth-order valence-corrected chi connectivity index (χ4v) is 3.49. The second-order valence-corrected chi connectivity index (χ2v) is 6.09. The number of hydrogen-bond donors (Lipinski definition) is 2. The van der Waals surface area contributed by atoms with Crippen LogP contribution in [-0.4, -0.2) is 20.9 Å². The molecule has 0 fully saturated rings. The molecule has 0 aromatic carbocycles. The summed E-state index contributed by atoms with van der Waals surface area (Å²) in [5.74, 6) is 0.146. The molecule has 2 rings (SSSR count). The monoisotopic (exact) mass is 263 g/mol. The third-order valence-electron chi connectivity index (χ3n) is 1.89. The van der Waals surface area contributed by atoms with Crippen molar-refractivity contribution in [3.05, 3.63) is 11.2 Å². The van der Waals surface area contributed by atoms with Crippen LogP contribution in [0.1, 0.15) is 13.3 Å². The molecule has 0 atom stereocenters. The van der Waals surface area contributed by atoms with Gasteiger partial charge in [0.05, 0.1) is 5.69 Å². The Morgan fingerprint density at radius 2 is 2.31 bits per heavy atom. The van der Waals surface area contributed by atoms with Gasteiger partial charge in [-0.25, -0.2) is 13.1 Å². The molecule has 16 heavy (non-hydrogen) atoms. The van der Waals surface area contributed by atoms with Crippen molar-refractivity contribution in [1.29, 1.82) is 0 Å². The summed E-state index contributed by atoms with van der Waals surface area (Å²) in [7, 11) is -3.67. The quantitative estimate of drug-likeness (QED) is 0.846. The molecule has 1 aromatic rings. The number of sulfonamides is 1. The molecule has 5 nitrogen and oxygen atoms in total. The summed E-state index contributed by atoms with van der Waals surface area (Å²) >= 11 is 0.588. The van der Waals surface area contributed by atoms with Gasteiger partial charge in [-0.3, -0.25) is 4.99 Å². The number of anilines is 1. The van der Waals surface area contributed by atoms with Gasteiger partial charge in [-0.1, -0.05) is 18.3 Å². The highest BCUT2D eigenvalue weighted by Crippen LogP contribution is 2.32. The zero-order valence-electron chi connectivity index (χ0n) is 8.45. The molecule has 2 heterocycles. The Bertz CT molecular complexity index is 535. The van der Waals surface area contributed by atoms with Crippen LogP contribution in [0.4, 0.5) is 10.1 Å². The van der Waals surface area contributed by atoms with Crippen LogP contribution in [0.15, 0.2) is 15.3 Å². The van der Waals surface area contributed by atoms with Gasteiger partial charge in [-0.05, 0) is 6.42 Å².